The molecule has 1 aliphatic heterocycles. The smallest absolute Gasteiger partial charge is 0.318 e. The fraction of sp³-hybridized carbons (Fsp3) is 0.900. The summed E-state index contributed by atoms with van der Waals surface area (Å²) in [5.74, 6) is 0. The third kappa shape index (κ3) is 3.54. The predicted molar refractivity (Wildman–Crippen MR) is 57.1 cm³/mol. The molecule has 0 aromatic rings. The lowest BCUT2D eigenvalue weighted by atomic mass is 10.3. The van der Waals surface area contributed by atoms with Gasteiger partial charge in [-0.05, 0) is 19.9 Å². The van der Waals surface area contributed by atoms with Crippen molar-refractivity contribution < 1.29 is 4.79 Å². The van der Waals surface area contributed by atoms with Gasteiger partial charge in [0.1, 0.15) is 0 Å². The van der Waals surface area contributed by atoms with Crippen LogP contribution in [0, 0.1) is 0 Å². The Hall–Kier alpha value is -0.770. The first-order valence-corrected chi connectivity index (χ1v) is 5.45. The van der Waals surface area contributed by atoms with Crippen LogP contribution >= 0.6 is 0 Å². The maximum Gasteiger partial charge on any atom is 0.318 e. The number of amides is 2. The van der Waals surface area contributed by atoms with E-state index >= 15 is 0 Å². The number of hydrogen-bond donors (Lipinski definition) is 1. The number of urea groups is 1. The van der Waals surface area contributed by atoms with E-state index in [1.807, 2.05) is 11.9 Å². The van der Waals surface area contributed by atoms with Gasteiger partial charge in [0.15, 0.2) is 0 Å². The van der Waals surface area contributed by atoms with Gasteiger partial charge in [0.2, 0.25) is 0 Å². The van der Waals surface area contributed by atoms with Crippen molar-refractivity contribution >= 4 is 6.03 Å². The molecule has 4 nitrogen and oxygen atoms in total. The van der Waals surface area contributed by atoms with Crippen molar-refractivity contribution in [2.75, 3.05) is 33.4 Å². The Morgan fingerprint density at radius 3 is 2.86 bits per heavy atom. The van der Waals surface area contributed by atoms with E-state index < -0.39 is 0 Å². The first-order valence-electron chi connectivity index (χ1n) is 5.45. The highest BCUT2D eigenvalue weighted by molar-refractivity contribution is 5.74. The minimum atomic E-state index is 0.0880. The molecule has 14 heavy (non-hydrogen) atoms. The summed E-state index contributed by atoms with van der Waals surface area (Å²) in [6.07, 6.45) is 3.27. The highest BCUT2D eigenvalue weighted by Gasteiger charge is 2.18. The number of nitrogens with one attached hydrogen (secondary N) is 1. The van der Waals surface area contributed by atoms with E-state index in [-0.39, 0.29) is 6.03 Å². The summed E-state index contributed by atoms with van der Waals surface area (Å²) in [6, 6.07) is 0.0880. The number of hydrogen-bond acceptors (Lipinski definition) is 2. The molecule has 0 saturated carbocycles. The molecule has 0 aromatic carbocycles. The van der Waals surface area contributed by atoms with Crippen LogP contribution in [0.1, 0.15) is 26.2 Å². The van der Waals surface area contributed by atoms with Gasteiger partial charge in [0.05, 0.1) is 6.67 Å². The maximum atomic E-state index is 11.6. The van der Waals surface area contributed by atoms with Crippen LogP contribution in [0.15, 0.2) is 0 Å². The molecule has 0 radical (unpaired) electrons. The summed E-state index contributed by atoms with van der Waals surface area (Å²) in [6.45, 7) is 5.68. The van der Waals surface area contributed by atoms with E-state index in [2.05, 4.69) is 17.1 Å². The van der Waals surface area contributed by atoms with Crippen LogP contribution in [-0.4, -0.2) is 49.2 Å². The van der Waals surface area contributed by atoms with Crippen LogP contribution in [0.2, 0.25) is 0 Å². The van der Waals surface area contributed by atoms with Crippen molar-refractivity contribution in [1.29, 1.82) is 0 Å². The van der Waals surface area contributed by atoms with Crippen LogP contribution in [0.5, 0.6) is 0 Å². The van der Waals surface area contributed by atoms with Crippen molar-refractivity contribution in [3.05, 3.63) is 0 Å². The van der Waals surface area contributed by atoms with Gasteiger partial charge in [0, 0.05) is 19.6 Å². The average Bonchev–Trinajstić information content (AvgIpc) is 2.18. The van der Waals surface area contributed by atoms with Crippen LogP contribution in [0.25, 0.3) is 0 Å². The zero-order valence-electron chi connectivity index (χ0n) is 9.25. The standard InChI is InChI=1S/C10H21N3O/c1-3-4-6-11-10(14)13-8-5-7-12(2)9-13/h3-9H2,1-2H3,(H,11,14). The highest BCUT2D eigenvalue weighted by Crippen LogP contribution is 2.03. The van der Waals surface area contributed by atoms with Crippen LogP contribution in [-0.2, 0) is 0 Å². The Kier molecular flexibility index (Phi) is 4.73. The summed E-state index contributed by atoms with van der Waals surface area (Å²) in [7, 11) is 2.05. The Labute approximate surface area is 86.2 Å². The van der Waals surface area contributed by atoms with Gasteiger partial charge in [-0.15, -0.1) is 0 Å². The molecule has 1 aliphatic rings. The second kappa shape index (κ2) is 5.86. The molecule has 0 aliphatic carbocycles. The minimum absolute atomic E-state index is 0.0880. The first-order chi connectivity index (χ1) is 6.74. The monoisotopic (exact) mass is 199 g/mol. The maximum absolute atomic E-state index is 11.6. The fourth-order valence-corrected chi connectivity index (χ4v) is 1.61. The van der Waals surface area contributed by atoms with E-state index in [9.17, 15) is 4.79 Å². The van der Waals surface area contributed by atoms with Gasteiger partial charge in [-0.3, -0.25) is 4.90 Å². The molecule has 1 rings (SSSR count). The Bertz CT molecular complexity index is 184. The highest BCUT2D eigenvalue weighted by atomic mass is 16.2. The molecule has 0 atom stereocenters. The normalized spacial score (nSPS) is 18.3. The minimum Gasteiger partial charge on any atom is -0.338 e. The Morgan fingerprint density at radius 1 is 1.43 bits per heavy atom. The second-order valence-corrected chi connectivity index (χ2v) is 3.92. The third-order valence-corrected chi connectivity index (χ3v) is 2.47. The van der Waals surface area contributed by atoms with Crippen molar-refractivity contribution in [3.63, 3.8) is 0 Å². The van der Waals surface area contributed by atoms with E-state index in [4.69, 9.17) is 0 Å². The number of rotatable bonds is 3. The molecule has 0 spiro atoms. The van der Waals surface area contributed by atoms with Crippen LogP contribution in [0.4, 0.5) is 4.79 Å². The molecule has 0 bridgehead atoms. The molecule has 2 amide bonds. The van der Waals surface area contributed by atoms with E-state index in [1.54, 1.807) is 0 Å². The lowest BCUT2D eigenvalue weighted by Crippen LogP contribution is -2.49. The molecular weight excluding hydrogens is 178 g/mol. The number of carbonyl (C=O) groups is 1. The summed E-state index contributed by atoms with van der Waals surface area (Å²) < 4.78 is 0. The first kappa shape index (κ1) is 11.3. The quantitative estimate of drug-likeness (QED) is 0.691. The SMILES string of the molecule is CCCCNC(=O)N1CCCN(C)C1. The van der Waals surface area contributed by atoms with Gasteiger partial charge < -0.3 is 10.2 Å². The molecule has 0 unspecified atom stereocenters. The van der Waals surface area contributed by atoms with Gasteiger partial charge in [-0.2, -0.15) is 0 Å². The Balaban J connectivity index is 2.22. The van der Waals surface area contributed by atoms with Crippen molar-refractivity contribution in [3.8, 4) is 0 Å². The molecular formula is C10H21N3O. The molecule has 1 saturated heterocycles. The number of unbranched alkanes of at least 4 members (excludes halogenated alkanes) is 1. The van der Waals surface area contributed by atoms with Gasteiger partial charge in [0.25, 0.3) is 0 Å². The molecule has 1 heterocycles. The average molecular weight is 199 g/mol. The van der Waals surface area contributed by atoms with Gasteiger partial charge in [-0.1, -0.05) is 13.3 Å². The summed E-state index contributed by atoms with van der Waals surface area (Å²) >= 11 is 0. The fourth-order valence-electron chi connectivity index (χ4n) is 1.61. The topological polar surface area (TPSA) is 35.6 Å². The number of carbonyl (C=O) groups excluding carboxylic acids is 1. The van der Waals surface area contributed by atoms with Crippen LogP contribution < -0.4 is 5.32 Å². The van der Waals surface area contributed by atoms with Gasteiger partial charge >= 0.3 is 6.03 Å². The third-order valence-electron chi connectivity index (χ3n) is 2.47. The summed E-state index contributed by atoms with van der Waals surface area (Å²) in [5, 5.41) is 2.93. The molecule has 0 aromatic heterocycles. The molecule has 4 heteroatoms. The predicted octanol–water partition coefficient (Wildman–Crippen LogP) is 1.09. The zero-order chi connectivity index (χ0) is 10.4. The van der Waals surface area contributed by atoms with E-state index in [0.29, 0.717) is 0 Å². The van der Waals surface area contributed by atoms with Gasteiger partial charge in [-0.25, -0.2) is 4.79 Å². The Morgan fingerprint density at radius 2 is 2.21 bits per heavy atom. The van der Waals surface area contributed by atoms with Crippen molar-refractivity contribution in [1.82, 2.24) is 15.1 Å². The largest absolute Gasteiger partial charge is 0.338 e. The summed E-state index contributed by atoms with van der Waals surface area (Å²) in [5.41, 5.74) is 0. The zero-order valence-corrected chi connectivity index (χ0v) is 9.25. The van der Waals surface area contributed by atoms with E-state index in [0.717, 1.165) is 45.6 Å². The summed E-state index contributed by atoms with van der Waals surface area (Å²) in [4.78, 5) is 15.7. The molecule has 82 valence electrons. The van der Waals surface area contributed by atoms with E-state index in [1.165, 1.54) is 0 Å². The molecule has 1 fully saturated rings. The molecule has 1 N–H and O–H groups in total. The van der Waals surface area contributed by atoms with Crippen LogP contribution in [0.3, 0.4) is 0 Å². The van der Waals surface area contributed by atoms with Crippen molar-refractivity contribution in [2.45, 2.75) is 26.2 Å². The number of nitrogens with zero attached hydrogens (tertiary/aromatic N) is 2. The lowest BCUT2D eigenvalue weighted by Gasteiger charge is -2.33. The second-order valence-electron chi connectivity index (χ2n) is 3.92. The van der Waals surface area contributed by atoms with Crippen molar-refractivity contribution in [2.24, 2.45) is 0 Å². The lowest BCUT2D eigenvalue weighted by molar-refractivity contribution is 0.122.